The molecule has 2 heterocycles. The van der Waals surface area contributed by atoms with Crippen LogP contribution in [-0.4, -0.2) is 77.4 Å². The Hall–Kier alpha value is -3.33. The van der Waals surface area contributed by atoms with E-state index in [4.69, 9.17) is 7.85 Å². The second-order valence-corrected chi connectivity index (χ2v) is 9.02. The van der Waals surface area contributed by atoms with E-state index in [1.807, 2.05) is 62.4 Å². The fraction of sp³-hybridized carbons (Fsp3) is 0.423. The standard InChI is InChI=1S/C26H32BN5O3/c1-3-9-22-25(34)29(16-20-12-8-13-21(27)14-20)17-23-31(22)24(33)18-30(4-2)32(23)26(35)28-15-19-10-6-5-7-11-19/h5-8,10-14,22-23H,3-4,9,15-18H2,1-2H3,(H,28,35)/t22-,23-/m0/s1. The lowest BCUT2D eigenvalue weighted by atomic mass is 9.94. The predicted molar refractivity (Wildman–Crippen MR) is 134 cm³/mol. The van der Waals surface area contributed by atoms with Crippen molar-refractivity contribution >= 4 is 31.2 Å². The minimum atomic E-state index is -0.601. The number of rotatable bonds is 7. The highest BCUT2D eigenvalue weighted by Gasteiger charge is 2.50. The van der Waals surface area contributed by atoms with Gasteiger partial charge < -0.3 is 15.1 Å². The number of carbonyl (C=O) groups excluding carboxylic acids is 3. The molecule has 2 aliphatic rings. The Kier molecular flexibility index (Phi) is 7.75. The molecule has 0 unspecified atom stereocenters. The lowest BCUT2D eigenvalue weighted by Gasteiger charge is -2.55. The summed E-state index contributed by atoms with van der Waals surface area (Å²) >= 11 is 0. The molecular formula is C26H32BN5O3. The second kappa shape index (κ2) is 10.9. The van der Waals surface area contributed by atoms with E-state index in [0.717, 1.165) is 17.5 Å². The van der Waals surface area contributed by atoms with Crippen LogP contribution in [-0.2, 0) is 22.7 Å². The topological polar surface area (TPSA) is 76.2 Å². The first-order valence-corrected chi connectivity index (χ1v) is 12.2. The van der Waals surface area contributed by atoms with E-state index in [0.29, 0.717) is 31.5 Å². The van der Waals surface area contributed by atoms with E-state index in [1.54, 1.807) is 25.9 Å². The van der Waals surface area contributed by atoms with E-state index < -0.39 is 12.2 Å². The lowest BCUT2D eigenvalue weighted by molar-refractivity contribution is -0.190. The van der Waals surface area contributed by atoms with Crippen LogP contribution >= 0.6 is 0 Å². The van der Waals surface area contributed by atoms with E-state index in [9.17, 15) is 14.4 Å². The van der Waals surface area contributed by atoms with Gasteiger partial charge in [-0.05, 0) is 17.5 Å². The number of amides is 4. The van der Waals surface area contributed by atoms with Crippen LogP contribution in [0.3, 0.4) is 0 Å². The molecule has 1 N–H and O–H groups in total. The Morgan fingerprint density at radius 3 is 2.49 bits per heavy atom. The molecule has 0 saturated carbocycles. The summed E-state index contributed by atoms with van der Waals surface area (Å²) < 4.78 is 0. The van der Waals surface area contributed by atoms with Gasteiger partial charge in [-0.1, -0.05) is 80.3 Å². The average molecular weight is 473 g/mol. The normalized spacial score (nSPS) is 20.7. The summed E-state index contributed by atoms with van der Waals surface area (Å²) in [4.78, 5) is 43.6. The number of fused-ring (bicyclic) bond motifs is 1. The number of urea groups is 1. The van der Waals surface area contributed by atoms with Crippen molar-refractivity contribution in [2.24, 2.45) is 0 Å². The third kappa shape index (κ3) is 5.35. The van der Waals surface area contributed by atoms with Crippen LogP contribution in [0, 0.1) is 0 Å². The van der Waals surface area contributed by atoms with Crippen LogP contribution in [0.4, 0.5) is 4.79 Å². The Morgan fingerprint density at radius 2 is 1.80 bits per heavy atom. The zero-order valence-electron chi connectivity index (χ0n) is 20.4. The molecule has 9 heteroatoms. The van der Waals surface area contributed by atoms with Crippen LogP contribution in [0.2, 0.25) is 0 Å². The number of carbonyl (C=O) groups is 3. The maximum absolute atomic E-state index is 13.5. The molecule has 2 saturated heterocycles. The molecule has 0 aromatic heterocycles. The van der Waals surface area contributed by atoms with Crippen molar-refractivity contribution in [3.8, 4) is 0 Å². The molecule has 2 aromatic carbocycles. The lowest BCUT2D eigenvalue weighted by Crippen LogP contribution is -2.76. The van der Waals surface area contributed by atoms with Gasteiger partial charge in [0.1, 0.15) is 20.1 Å². The molecule has 4 amide bonds. The predicted octanol–water partition coefficient (Wildman–Crippen LogP) is 1.61. The van der Waals surface area contributed by atoms with Crippen LogP contribution in [0.5, 0.6) is 0 Å². The van der Waals surface area contributed by atoms with Crippen molar-refractivity contribution in [1.29, 1.82) is 0 Å². The molecule has 4 rings (SSSR count). The van der Waals surface area contributed by atoms with Crippen molar-refractivity contribution in [2.45, 2.75) is 52.0 Å². The number of nitrogens with zero attached hydrogens (tertiary/aromatic N) is 4. The molecule has 2 aliphatic heterocycles. The summed E-state index contributed by atoms with van der Waals surface area (Å²) in [5.41, 5.74) is 2.53. The number of benzene rings is 2. The van der Waals surface area contributed by atoms with Crippen LogP contribution in [0.15, 0.2) is 54.6 Å². The van der Waals surface area contributed by atoms with Crippen LogP contribution < -0.4 is 10.8 Å². The van der Waals surface area contributed by atoms with E-state index in [2.05, 4.69) is 5.32 Å². The minimum absolute atomic E-state index is 0.0640. The summed E-state index contributed by atoms with van der Waals surface area (Å²) in [6, 6.07) is 16.3. The molecule has 0 spiro atoms. The molecule has 35 heavy (non-hydrogen) atoms. The first kappa shape index (κ1) is 24.8. The zero-order valence-corrected chi connectivity index (χ0v) is 20.4. The summed E-state index contributed by atoms with van der Waals surface area (Å²) in [6.07, 6.45) is 0.707. The fourth-order valence-corrected chi connectivity index (χ4v) is 4.92. The number of likely N-dealkylation sites (N-methyl/N-ethyl adjacent to an activating group) is 1. The maximum atomic E-state index is 13.5. The van der Waals surface area contributed by atoms with Crippen molar-refractivity contribution in [3.63, 3.8) is 0 Å². The van der Waals surface area contributed by atoms with Gasteiger partial charge in [-0.3, -0.25) is 9.59 Å². The first-order chi connectivity index (χ1) is 16.9. The Labute approximate surface area is 208 Å². The molecule has 2 radical (unpaired) electrons. The number of piperazine rings is 1. The third-order valence-electron chi connectivity index (χ3n) is 6.58. The SMILES string of the molecule is [B]c1cccc(CN2C[C@H]3N(C(=O)CN(CC)N3C(=O)NCc3ccccc3)[C@@H](CCC)C2=O)c1. The molecule has 0 bridgehead atoms. The largest absolute Gasteiger partial charge is 0.334 e. The van der Waals surface area contributed by atoms with Crippen molar-refractivity contribution in [2.75, 3.05) is 19.6 Å². The molecule has 2 atom stereocenters. The van der Waals surface area contributed by atoms with Crippen LogP contribution in [0.25, 0.3) is 0 Å². The zero-order chi connectivity index (χ0) is 24.9. The van der Waals surface area contributed by atoms with Crippen molar-refractivity contribution in [1.82, 2.24) is 25.1 Å². The maximum Gasteiger partial charge on any atom is 0.334 e. The quantitative estimate of drug-likeness (QED) is 0.621. The van der Waals surface area contributed by atoms with E-state index >= 15 is 0 Å². The van der Waals surface area contributed by atoms with E-state index in [1.165, 1.54) is 0 Å². The molecule has 2 aromatic rings. The molecule has 8 nitrogen and oxygen atoms in total. The van der Waals surface area contributed by atoms with Gasteiger partial charge in [-0.2, -0.15) is 0 Å². The van der Waals surface area contributed by atoms with Gasteiger partial charge in [-0.15, -0.1) is 0 Å². The Morgan fingerprint density at radius 1 is 1.06 bits per heavy atom. The summed E-state index contributed by atoms with van der Waals surface area (Å²) in [6.45, 7) is 5.45. The molecule has 2 fully saturated rings. The van der Waals surface area contributed by atoms with Gasteiger partial charge in [0, 0.05) is 19.6 Å². The monoisotopic (exact) mass is 473 g/mol. The Balaban J connectivity index is 1.62. The fourth-order valence-electron chi connectivity index (χ4n) is 4.92. The highest BCUT2D eigenvalue weighted by Crippen LogP contribution is 2.29. The number of nitrogens with one attached hydrogen (secondary N) is 1. The highest BCUT2D eigenvalue weighted by molar-refractivity contribution is 6.32. The molecular weight excluding hydrogens is 441 g/mol. The number of hydrogen-bond donors (Lipinski definition) is 1. The van der Waals surface area contributed by atoms with Gasteiger partial charge in [0.25, 0.3) is 0 Å². The van der Waals surface area contributed by atoms with Gasteiger partial charge >= 0.3 is 6.03 Å². The number of hydrogen-bond acceptors (Lipinski definition) is 4. The second-order valence-electron chi connectivity index (χ2n) is 9.02. The minimum Gasteiger partial charge on any atom is -0.333 e. The summed E-state index contributed by atoms with van der Waals surface area (Å²) in [5, 5.41) is 6.39. The smallest absolute Gasteiger partial charge is 0.333 e. The van der Waals surface area contributed by atoms with Gasteiger partial charge in [0.05, 0.1) is 13.1 Å². The molecule has 182 valence electrons. The van der Waals surface area contributed by atoms with Gasteiger partial charge in [0.2, 0.25) is 11.8 Å². The summed E-state index contributed by atoms with van der Waals surface area (Å²) in [5.74, 6) is -0.215. The van der Waals surface area contributed by atoms with Crippen LogP contribution in [0.1, 0.15) is 37.8 Å². The molecule has 0 aliphatic carbocycles. The summed E-state index contributed by atoms with van der Waals surface area (Å²) in [7, 11) is 5.95. The van der Waals surface area contributed by atoms with Gasteiger partial charge in [0.15, 0.2) is 0 Å². The average Bonchev–Trinajstić information content (AvgIpc) is 2.85. The van der Waals surface area contributed by atoms with E-state index in [-0.39, 0.29) is 30.9 Å². The van der Waals surface area contributed by atoms with Crippen molar-refractivity contribution in [3.05, 3.63) is 65.7 Å². The van der Waals surface area contributed by atoms with Crippen molar-refractivity contribution < 1.29 is 14.4 Å². The third-order valence-corrected chi connectivity index (χ3v) is 6.58. The Bertz CT molecular complexity index is 1070. The first-order valence-electron chi connectivity index (χ1n) is 12.2. The van der Waals surface area contributed by atoms with Gasteiger partial charge in [-0.25, -0.2) is 14.8 Å². The highest BCUT2D eigenvalue weighted by atomic mass is 16.2. The number of hydrazine groups is 1.